The quantitative estimate of drug-likeness (QED) is 0.734. The lowest BCUT2D eigenvalue weighted by Crippen LogP contribution is -2.28. The van der Waals surface area contributed by atoms with Gasteiger partial charge in [-0.15, -0.1) is 0 Å². The van der Waals surface area contributed by atoms with Crippen LogP contribution in [-0.2, 0) is 6.42 Å². The Labute approximate surface area is 94.9 Å². The Hall–Kier alpha value is -1.25. The van der Waals surface area contributed by atoms with Crippen molar-refractivity contribution in [3.8, 4) is 0 Å². The van der Waals surface area contributed by atoms with Gasteiger partial charge in [0.25, 0.3) is 0 Å². The van der Waals surface area contributed by atoms with Gasteiger partial charge in [-0.25, -0.2) is 4.39 Å². The van der Waals surface area contributed by atoms with E-state index < -0.39 is 5.67 Å². The number of aromatic nitrogens is 1. The van der Waals surface area contributed by atoms with Crippen molar-refractivity contribution in [3.63, 3.8) is 0 Å². The zero-order valence-corrected chi connectivity index (χ0v) is 9.29. The normalized spacial score (nSPS) is 19.3. The molecule has 1 aliphatic rings. The number of aldehydes is 1. The highest BCUT2D eigenvalue weighted by molar-refractivity contribution is 5.71. The Kier molecular flexibility index (Phi) is 3.32. The number of carbonyl (C=O) groups excluding carboxylic acids is 1. The molecule has 86 valence electrons. The van der Waals surface area contributed by atoms with Crippen LogP contribution in [0.4, 0.5) is 4.39 Å². The monoisotopic (exact) mass is 221 g/mol. The van der Waals surface area contributed by atoms with E-state index in [0.29, 0.717) is 31.2 Å². The molecule has 3 heteroatoms. The van der Waals surface area contributed by atoms with Crippen LogP contribution in [0.5, 0.6) is 0 Å². The first-order valence-corrected chi connectivity index (χ1v) is 5.81. The van der Waals surface area contributed by atoms with Crippen molar-refractivity contribution < 1.29 is 9.18 Å². The van der Waals surface area contributed by atoms with Crippen LogP contribution < -0.4 is 0 Å². The van der Waals surface area contributed by atoms with Gasteiger partial charge in [-0.3, -0.25) is 9.78 Å². The van der Waals surface area contributed by atoms with Crippen LogP contribution in [0.2, 0.25) is 0 Å². The minimum Gasteiger partial charge on any atom is -0.296 e. The van der Waals surface area contributed by atoms with Crippen LogP contribution in [0.15, 0.2) is 18.3 Å². The van der Waals surface area contributed by atoms with Gasteiger partial charge in [-0.05, 0) is 24.5 Å². The molecule has 1 aliphatic carbocycles. The molecule has 0 bridgehead atoms. The largest absolute Gasteiger partial charge is 0.296 e. The van der Waals surface area contributed by atoms with Crippen molar-refractivity contribution in [2.75, 3.05) is 0 Å². The fourth-order valence-corrected chi connectivity index (χ4v) is 2.34. The molecule has 1 saturated carbocycles. The second-order valence-corrected chi connectivity index (χ2v) is 4.60. The number of hydrogen-bond donors (Lipinski definition) is 0. The Balaban J connectivity index is 2.04. The molecule has 0 spiro atoms. The van der Waals surface area contributed by atoms with E-state index in [1.165, 1.54) is 0 Å². The van der Waals surface area contributed by atoms with Gasteiger partial charge in [0.2, 0.25) is 0 Å². The first-order valence-electron chi connectivity index (χ1n) is 5.81. The van der Waals surface area contributed by atoms with Crippen LogP contribution >= 0.6 is 0 Å². The average Bonchev–Trinajstić information content (AvgIpc) is 2.30. The molecule has 16 heavy (non-hydrogen) atoms. The van der Waals surface area contributed by atoms with E-state index in [2.05, 4.69) is 4.98 Å². The van der Waals surface area contributed by atoms with Gasteiger partial charge in [-0.1, -0.05) is 25.3 Å². The maximum Gasteiger partial charge on any atom is 0.168 e. The predicted octanol–water partition coefficient (Wildman–Crippen LogP) is 3.11. The van der Waals surface area contributed by atoms with Gasteiger partial charge >= 0.3 is 0 Å². The summed E-state index contributed by atoms with van der Waals surface area (Å²) >= 11 is 0. The molecule has 1 heterocycles. The molecule has 0 saturated heterocycles. The summed E-state index contributed by atoms with van der Waals surface area (Å²) in [4.78, 5) is 14.4. The Morgan fingerprint density at radius 2 is 2.06 bits per heavy atom. The molecule has 0 atom stereocenters. The lowest BCUT2D eigenvalue weighted by Gasteiger charge is -2.29. The molecular formula is C13H16FNO. The van der Waals surface area contributed by atoms with Crippen molar-refractivity contribution >= 4 is 6.29 Å². The fraction of sp³-hybridized carbons (Fsp3) is 0.538. The van der Waals surface area contributed by atoms with E-state index in [4.69, 9.17) is 0 Å². The van der Waals surface area contributed by atoms with Crippen LogP contribution in [0.3, 0.4) is 0 Å². The van der Waals surface area contributed by atoms with E-state index in [-0.39, 0.29) is 0 Å². The SMILES string of the molecule is O=Cc1ccc(CC2(F)CCCCC2)cn1. The minimum atomic E-state index is -1.05. The first kappa shape index (κ1) is 11.2. The van der Waals surface area contributed by atoms with E-state index in [1.54, 1.807) is 18.3 Å². The molecule has 1 aromatic rings. The number of nitrogens with zero attached hydrogens (tertiary/aromatic N) is 1. The van der Waals surface area contributed by atoms with Gasteiger partial charge in [0.05, 0.1) is 0 Å². The molecule has 0 N–H and O–H groups in total. The molecule has 0 unspecified atom stereocenters. The third-order valence-electron chi connectivity index (χ3n) is 3.24. The van der Waals surface area contributed by atoms with Gasteiger partial charge in [0.15, 0.2) is 6.29 Å². The topological polar surface area (TPSA) is 30.0 Å². The molecular weight excluding hydrogens is 205 g/mol. The van der Waals surface area contributed by atoms with E-state index >= 15 is 0 Å². The molecule has 1 fully saturated rings. The molecule has 0 aromatic carbocycles. The maximum absolute atomic E-state index is 14.3. The Bertz CT molecular complexity index is 355. The summed E-state index contributed by atoms with van der Waals surface area (Å²) in [5.74, 6) is 0. The highest BCUT2D eigenvalue weighted by atomic mass is 19.1. The minimum absolute atomic E-state index is 0.403. The summed E-state index contributed by atoms with van der Waals surface area (Å²) in [5, 5.41) is 0. The molecule has 0 radical (unpaired) electrons. The summed E-state index contributed by atoms with van der Waals surface area (Å²) in [7, 11) is 0. The van der Waals surface area contributed by atoms with Gasteiger partial charge < -0.3 is 0 Å². The smallest absolute Gasteiger partial charge is 0.168 e. The molecule has 0 aliphatic heterocycles. The van der Waals surface area contributed by atoms with E-state index in [9.17, 15) is 9.18 Å². The number of pyridine rings is 1. The van der Waals surface area contributed by atoms with Crippen molar-refractivity contribution in [3.05, 3.63) is 29.6 Å². The zero-order valence-electron chi connectivity index (χ0n) is 9.29. The first-order chi connectivity index (χ1) is 7.72. The number of rotatable bonds is 3. The molecule has 0 amide bonds. The number of alkyl halides is 1. The summed E-state index contributed by atoms with van der Waals surface area (Å²) in [6.07, 6.45) is 7.17. The molecule has 2 rings (SSSR count). The number of halogens is 1. The summed E-state index contributed by atoms with van der Waals surface area (Å²) in [6, 6.07) is 3.45. The lowest BCUT2D eigenvalue weighted by atomic mass is 9.82. The van der Waals surface area contributed by atoms with Crippen molar-refractivity contribution in [1.82, 2.24) is 4.98 Å². The van der Waals surface area contributed by atoms with Crippen molar-refractivity contribution in [1.29, 1.82) is 0 Å². The Morgan fingerprint density at radius 3 is 2.62 bits per heavy atom. The van der Waals surface area contributed by atoms with Gasteiger partial charge in [0, 0.05) is 12.6 Å². The van der Waals surface area contributed by atoms with Gasteiger partial charge in [0.1, 0.15) is 11.4 Å². The summed E-state index contributed by atoms with van der Waals surface area (Å²) in [5.41, 5.74) is 0.234. The predicted molar refractivity (Wildman–Crippen MR) is 60.3 cm³/mol. The fourth-order valence-electron chi connectivity index (χ4n) is 2.34. The van der Waals surface area contributed by atoms with E-state index in [0.717, 1.165) is 24.8 Å². The second-order valence-electron chi connectivity index (χ2n) is 4.60. The van der Waals surface area contributed by atoms with Crippen LogP contribution in [-0.4, -0.2) is 16.9 Å². The zero-order chi connectivity index (χ0) is 11.4. The second kappa shape index (κ2) is 4.73. The van der Waals surface area contributed by atoms with Crippen LogP contribution in [0.25, 0.3) is 0 Å². The Morgan fingerprint density at radius 1 is 1.31 bits per heavy atom. The van der Waals surface area contributed by atoms with Gasteiger partial charge in [-0.2, -0.15) is 0 Å². The standard InChI is InChI=1S/C13H16FNO/c14-13(6-2-1-3-7-13)8-11-4-5-12(10-16)15-9-11/h4-5,9-10H,1-3,6-8H2. The highest BCUT2D eigenvalue weighted by Gasteiger charge is 2.31. The number of carbonyl (C=O) groups is 1. The van der Waals surface area contributed by atoms with Crippen LogP contribution in [0, 0.1) is 0 Å². The lowest BCUT2D eigenvalue weighted by molar-refractivity contribution is 0.107. The highest BCUT2D eigenvalue weighted by Crippen LogP contribution is 2.34. The molecule has 2 nitrogen and oxygen atoms in total. The van der Waals surface area contributed by atoms with Crippen molar-refractivity contribution in [2.45, 2.75) is 44.2 Å². The molecule has 1 aromatic heterocycles. The van der Waals surface area contributed by atoms with Crippen molar-refractivity contribution in [2.24, 2.45) is 0 Å². The third kappa shape index (κ3) is 2.65. The third-order valence-corrected chi connectivity index (χ3v) is 3.24. The number of hydrogen-bond acceptors (Lipinski definition) is 2. The van der Waals surface area contributed by atoms with Crippen LogP contribution in [0.1, 0.15) is 48.2 Å². The van der Waals surface area contributed by atoms with E-state index in [1.807, 2.05) is 0 Å². The summed E-state index contributed by atoms with van der Waals surface area (Å²) in [6.45, 7) is 0. The average molecular weight is 221 g/mol. The maximum atomic E-state index is 14.3. The summed E-state index contributed by atoms with van der Waals surface area (Å²) < 4.78 is 14.3.